The molecule has 132 valence electrons. The average molecular weight is 359 g/mol. The summed E-state index contributed by atoms with van der Waals surface area (Å²) in [5.74, 6) is 0.904. The lowest BCUT2D eigenvalue weighted by Gasteiger charge is -2.11. The van der Waals surface area contributed by atoms with Crippen LogP contribution in [0.4, 0.5) is 5.69 Å². The third-order valence-electron chi connectivity index (χ3n) is 3.88. The second-order valence-electron chi connectivity index (χ2n) is 6.46. The van der Waals surface area contributed by atoms with Crippen LogP contribution in [0.1, 0.15) is 37.0 Å². The molecule has 0 radical (unpaired) electrons. The molecular weight excluding hydrogens is 338 g/mol. The number of rotatable bonds is 7. The van der Waals surface area contributed by atoms with E-state index < -0.39 is 10.0 Å². The van der Waals surface area contributed by atoms with Crippen LogP contribution in [0.15, 0.2) is 53.4 Å². The summed E-state index contributed by atoms with van der Waals surface area (Å²) < 4.78 is 32.9. The lowest BCUT2D eigenvalue weighted by molar-refractivity contribution is 0.0967. The number of benzene rings is 2. The zero-order chi connectivity index (χ0) is 18.0. The molecule has 1 aliphatic rings. The molecule has 25 heavy (non-hydrogen) atoms. The van der Waals surface area contributed by atoms with E-state index in [4.69, 9.17) is 4.74 Å². The Morgan fingerprint density at radius 3 is 2.16 bits per heavy atom. The average Bonchev–Trinajstić information content (AvgIpc) is 3.39. The molecule has 0 amide bonds. The van der Waals surface area contributed by atoms with Gasteiger partial charge in [0.05, 0.1) is 11.0 Å². The maximum absolute atomic E-state index is 12.5. The van der Waals surface area contributed by atoms with Gasteiger partial charge in [-0.2, -0.15) is 0 Å². The number of hydrogen-bond acceptors (Lipinski definition) is 4. The van der Waals surface area contributed by atoms with E-state index in [2.05, 4.69) is 4.72 Å². The van der Waals surface area contributed by atoms with Crippen molar-refractivity contribution in [2.75, 3.05) is 4.72 Å². The smallest absolute Gasteiger partial charge is 0.261 e. The molecule has 1 saturated carbocycles. The minimum Gasteiger partial charge on any atom is -0.491 e. The highest BCUT2D eigenvalue weighted by Gasteiger charge is 2.30. The van der Waals surface area contributed by atoms with Crippen LogP contribution in [-0.4, -0.2) is 20.3 Å². The third-order valence-corrected chi connectivity index (χ3v) is 5.27. The first kappa shape index (κ1) is 17.5. The van der Waals surface area contributed by atoms with Crippen molar-refractivity contribution in [3.63, 3.8) is 0 Å². The maximum Gasteiger partial charge on any atom is 0.261 e. The summed E-state index contributed by atoms with van der Waals surface area (Å²) in [6, 6.07) is 12.8. The largest absolute Gasteiger partial charge is 0.491 e. The fraction of sp³-hybridized carbons (Fsp3) is 0.316. The number of Topliss-reactive ketones (excluding diaryl/α,β-unsaturated/α-hetero) is 1. The Kier molecular flexibility index (Phi) is 4.81. The summed E-state index contributed by atoms with van der Waals surface area (Å²) in [6.45, 7) is 3.81. The van der Waals surface area contributed by atoms with Crippen molar-refractivity contribution in [2.24, 2.45) is 5.92 Å². The van der Waals surface area contributed by atoms with Gasteiger partial charge < -0.3 is 4.74 Å². The molecule has 0 saturated heterocycles. The van der Waals surface area contributed by atoms with Crippen LogP contribution in [0, 0.1) is 5.92 Å². The van der Waals surface area contributed by atoms with Crippen LogP contribution in [0.25, 0.3) is 0 Å². The topological polar surface area (TPSA) is 72.5 Å². The molecule has 0 unspecified atom stereocenters. The third kappa shape index (κ3) is 4.39. The maximum atomic E-state index is 12.5. The Morgan fingerprint density at radius 2 is 1.64 bits per heavy atom. The molecule has 3 rings (SSSR count). The SMILES string of the molecule is CC(C)Oc1ccc(S(=O)(=O)Nc2ccc(C(=O)C3CC3)cc2)cc1. The van der Waals surface area contributed by atoms with E-state index >= 15 is 0 Å². The summed E-state index contributed by atoms with van der Waals surface area (Å²) in [5.41, 5.74) is 1.05. The molecule has 0 aliphatic heterocycles. The predicted octanol–water partition coefficient (Wildman–Crippen LogP) is 3.87. The van der Waals surface area contributed by atoms with Crippen molar-refractivity contribution in [1.82, 2.24) is 0 Å². The van der Waals surface area contributed by atoms with Crippen LogP contribution in [0.5, 0.6) is 5.75 Å². The van der Waals surface area contributed by atoms with Gasteiger partial charge in [-0.3, -0.25) is 9.52 Å². The normalized spacial score (nSPS) is 14.4. The van der Waals surface area contributed by atoms with Crippen molar-refractivity contribution < 1.29 is 17.9 Å². The monoisotopic (exact) mass is 359 g/mol. The summed E-state index contributed by atoms with van der Waals surface area (Å²) in [4.78, 5) is 12.1. The molecule has 6 heteroatoms. The minimum atomic E-state index is -3.69. The summed E-state index contributed by atoms with van der Waals surface area (Å²) in [6.07, 6.45) is 1.92. The van der Waals surface area contributed by atoms with Crippen LogP contribution in [0.3, 0.4) is 0 Å². The highest BCUT2D eigenvalue weighted by Crippen LogP contribution is 2.32. The van der Waals surface area contributed by atoms with Crippen LogP contribution >= 0.6 is 0 Å². The first-order valence-electron chi connectivity index (χ1n) is 8.29. The van der Waals surface area contributed by atoms with Gasteiger partial charge in [-0.15, -0.1) is 0 Å². The van der Waals surface area contributed by atoms with Crippen molar-refractivity contribution >= 4 is 21.5 Å². The molecule has 0 atom stereocenters. The van der Waals surface area contributed by atoms with Crippen LogP contribution in [-0.2, 0) is 10.0 Å². The Labute approximate surface area is 148 Å². The van der Waals surface area contributed by atoms with Gasteiger partial charge in [-0.1, -0.05) is 0 Å². The van der Waals surface area contributed by atoms with E-state index in [0.717, 1.165) is 12.8 Å². The lowest BCUT2D eigenvalue weighted by atomic mass is 10.1. The zero-order valence-corrected chi connectivity index (χ0v) is 15.0. The van der Waals surface area contributed by atoms with Crippen LogP contribution < -0.4 is 9.46 Å². The Balaban J connectivity index is 1.71. The number of hydrogen-bond donors (Lipinski definition) is 1. The van der Waals surface area contributed by atoms with Gasteiger partial charge in [-0.05, 0) is 75.2 Å². The van der Waals surface area contributed by atoms with Crippen molar-refractivity contribution in [1.29, 1.82) is 0 Å². The molecule has 1 aliphatic carbocycles. The predicted molar refractivity (Wildman–Crippen MR) is 96.5 cm³/mol. The van der Waals surface area contributed by atoms with Gasteiger partial charge in [-0.25, -0.2) is 8.42 Å². The summed E-state index contributed by atoms with van der Waals surface area (Å²) >= 11 is 0. The Hall–Kier alpha value is -2.34. The number of ketones is 1. The van der Waals surface area contributed by atoms with Gasteiger partial charge in [0.25, 0.3) is 10.0 Å². The van der Waals surface area contributed by atoms with Gasteiger partial charge in [0.1, 0.15) is 5.75 Å². The van der Waals surface area contributed by atoms with E-state index in [-0.39, 0.29) is 22.7 Å². The fourth-order valence-corrected chi connectivity index (χ4v) is 3.53. The molecule has 1 fully saturated rings. The number of carbonyl (C=O) groups excluding carboxylic acids is 1. The minimum absolute atomic E-state index is 0.0254. The van der Waals surface area contributed by atoms with E-state index in [9.17, 15) is 13.2 Å². The molecule has 0 spiro atoms. The molecule has 0 aromatic heterocycles. The van der Waals surface area contributed by atoms with Gasteiger partial charge in [0.2, 0.25) is 0 Å². The summed E-state index contributed by atoms with van der Waals surface area (Å²) in [5, 5.41) is 0. The number of anilines is 1. The van der Waals surface area contributed by atoms with Crippen molar-refractivity contribution in [3.05, 3.63) is 54.1 Å². The Bertz CT molecular complexity index is 851. The standard InChI is InChI=1S/C19H21NO4S/c1-13(2)24-17-9-11-18(12-10-17)25(22,23)20-16-7-5-15(6-8-16)19(21)14-3-4-14/h5-14,20H,3-4H2,1-2H3. The Morgan fingerprint density at radius 1 is 1.04 bits per heavy atom. The number of sulfonamides is 1. The molecule has 0 heterocycles. The quantitative estimate of drug-likeness (QED) is 0.762. The van der Waals surface area contributed by atoms with E-state index in [1.165, 1.54) is 12.1 Å². The summed E-state index contributed by atoms with van der Waals surface area (Å²) in [7, 11) is -3.69. The second-order valence-corrected chi connectivity index (χ2v) is 8.14. The highest BCUT2D eigenvalue weighted by molar-refractivity contribution is 7.92. The van der Waals surface area contributed by atoms with Crippen molar-refractivity contribution in [3.8, 4) is 5.75 Å². The van der Waals surface area contributed by atoms with Gasteiger partial charge >= 0.3 is 0 Å². The first-order chi connectivity index (χ1) is 11.8. The molecular formula is C19H21NO4S. The lowest BCUT2D eigenvalue weighted by Crippen LogP contribution is -2.13. The fourth-order valence-electron chi connectivity index (χ4n) is 2.47. The number of carbonyl (C=O) groups is 1. The molecule has 0 bridgehead atoms. The van der Waals surface area contributed by atoms with Gasteiger partial charge in [0.15, 0.2) is 5.78 Å². The number of nitrogens with one attached hydrogen (secondary N) is 1. The molecule has 2 aromatic carbocycles. The van der Waals surface area contributed by atoms with E-state index in [1.54, 1.807) is 36.4 Å². The number of ether oxygens (including phenoxy) is 1. The first-order valence-corrected chi connectivity index (χ1v) is 9.77. The van der Waals surface area contributed by atoms with E-state index in [1.807, 2.05) is 13.8 Å². The molecule has 5 nitrogen and oxygen atoms in total. The van der Waals surface area contributed by atoms with Crippen molar-refractivity contribution in [2.45, 2.75) is 37.7 Å². The highest BCUT2D eigenvalue weighted by atomic mass is 32.2. The van der Waals surface area contributed by atoms with E-state index in [0.29, 0.717) is 17.0 Å². The molecule has 1 N–H and O–H groups in total. The van der Waals surface area contributed by atoms with Crippen LogP contribution in [0.2, 0.25) is 0 Å². The second kappa shape index (κ2) is 6.88. The zero-order valence-electron chi connectivity index (χ0n) is 14.2. The molecule has 2 aromatic rings. The van der Waals surface area contributed by atoms with Gasteiger partial charge in [0, 0.05) is 17.2 Å².